The summed E-state index contributed by atoms with van der Waals surface area (Å²) in [6, 6.07) is 11.4. The predicted molar refractivity (Wildman–Crippen MR) is 109 cm³/mol. The lowest BCUT2D eigenvalue weighted by Crippen LogP contribution is -2.42. The molecule has 0 atom stereocenters. The molecule has 1 aliphatic carbocycles. The number of carbonyl (C=O) groups excluding carboxylic acids is 2. The third-order valence-electron chi connectivity index (χ3n) is 5.65. The maximum Gasteiger partial charge on any atom is 0.249 e. The van der Waals surface area contributed by atoms with Crippen LogP contribution >= 0.6 is 0 Å². The number of allylic oxidation sites excluding steroid dienone is 1. The molecular formula is C23H26N2O3. The fraction of sp³-hybridized carbons (Fsp3) is 0.391. The van der Waals surface area contributed by atoms with Gasteiger partial charge in [0.05, 0.1) is 6.26 Å². The summed E-state index contributed by atoms with van der Waals surface area (Å²) in [6.07, 6.45) is 9.34. The van der Waals surface area contributed by atoms with Gasteiger partial charge in [0.1, 0.15) is 5.76 Å². The number of nitrogens with zero attached hydrogens (tertiary/aromatic N) is 1. The quantitative estimate of drug-likeness (QED) is 0.844. The maximum absolute atomic E-state index is 12.7. The van der Waals surface area contributed by atoms with Crippen molar-refractivity contribution in [3.63, 3.8) is 0 Å². The highest BCUT2D eigenvalue weighted by atomic mass is 16.3. The van der Waals surface area contributed by atoms with Crippen molar-refractivity contribution in [3.8, 4) is 11.3 Å². The van der Waals surface area contributed by atoms with Crippen LogP contribution in [0.5, 0.6) is 0 Å². The molecule has 5 heteroatoms. The summed E-state index contributed by atoms with van der Waals surface area (Å²) >= 11 is 0. The Morgan fingerprint density at radius 1 is 1.07 bits per heavy atom. The van der Waals surface area contributed by atoms with E-state index in [0.29, 0.717) is 25.9 Å². The van der Waals surface area contributed by atoms with Crippen molar-refractivity contribution in [2.45, 2.75) is 38.5 Å². The van der Waals surface area contributed by atoms with Crippen LogP contribution in [-0.4, -0.2) is 29.8 Å². The van der Waals surface area contributed by atoms with Crippen LogP contribution in [0.1, 0.15) is 38.5 Å². The number of nitrogens with one attached hydrogen (secondary N) is 1. The Morgan fingerprint density at radius 3 is 2.64 bits per heavy atom. The standard InChI is InChI=1S/C23H26N2O3/c26-22(24-20-9-4-8-19(16-20)21-10-5-15-28-21)17-11-13-25(14-12-17)23(27)18-6-2-1-3-7-18/h4-6,8-10,15-17H,1-3,7,11-14H2,(H,24,26). The Morgan fingerprint density at radius 2 is 1.93 bits per heavy atom. The van der Waals surface area contributed by atoms with Crippen molar-refractivity contribution in [3.05, 3.63) is 54.3 Å². The van der Waals surface area contributed by atoms with E-state index in [0.717, 1.165) is 41.8 Å². The molecule has 5 nitrogen and oxygen atoms in total. The van der Waals surface area contributed by atoms with Crippen molar-refractivity contribution in [1.29, 1.82) is 0 Å². The molecule has 2 amide bonds. The van der Waals surface area contributed by atoms with E-state index in [-0.39, 0.29) is 17.7 Å². The molecule has 0 spiro atoms. The lowest BCUT2D eigenvalue weighted by molar-refractivity contribution is -0.131. The smallest absolute Gasteiger partial charge is 0.249 e. The van der Waals surface area contributed by atoms with Gasteiger partial charge in [-0.3, -0.25) is 9.59 Å². The predicted octanol–water partition coefficient (Wildman–Crippen LogP) is 4.62. The number of furan rings is 1. The molecule has 1 aromatic heterocycles. The van der Waals surface area contributed by atoms with E-state index in [4.69, 9.17) is 4.42 Å². The fourth-order valence-corrected chi connectivity index (χ4v) is 4.02. The van der Waals surface area contributed by atoms with Crippen LogP contribution in [0.4, 0.5) is 5.69 Å². The first kappa shape index (κ1) is 18.5. The van der Waals surface area contributed by atoms with Gasteiger partial charge in [-0.2, -0.15) is 0 Å². The summed E-state index contributed by atoms with van der Waals surface area (Å²) in [6.45, 7) is 1.31. The van der Waals surface area contributed by atoms with E-state index >= 15 is 0 Å². The van der Waals surface area contributed by atoms with E-state index in [1.807, 2.05) is 41.3 Å². The Hall–Kier alpha value is -2.82. The van der Waals surface area contributed by atoms with E-state index in [1.165, 1.54) is 6.42 Å². The molecule has 28 heavy (non-hydrogen) atoms. The monoisotopic (exact) mass is 378 g/mol. The molecule has 0 radical (unpaired) electrons. The zero-order valence-electron chi connectivity index (χ0n) is 16.0. The largest absolute Gasteiger partial charge is 0.464 e. The molecule has 2 heterocycles. The summed E-state index contributed by atoms with van der Waals surface area (Å²) in [5, 5.41) is 3.03. The van der Waals surface area contributed by atoms with Gasteiger partial charge in [-0.05, 0) is 62.8 Å². The number of rotatable bonds is 4. The second-order valence-electron chi connectivity index (χ2n) is 7.59. The van der Waals surface area contributed by atoms with Crippen LogP contribution in [0, 0.1) is 5.92 Å². The zero-order valence-corrected chi connectivity index (χ0v) is 16.0. The van der Waals surface area contributed by atoms with Crippen molar-refractivity contribution in [2.24, 2.45) is 5.92 Å². The van der Waals surface area contributed by atoms with Crippen molar-refractivity contribution < 1.29 is 14.0 Å². The average Bonchev–Trinajstić information content (AvgIpc) is 3.29. The lowest BCUT2D eigenvalue weighted by Gasteiger charge is -2.32. The molecule has 1 aromatic carbocycles. The second kappa shape index (κ2) is 8.46. The van der Waals surface area contributed by atoms with Crippen LogP contribution in [0.3, 0.4) is 0 Å². The van der Waals surface area contributed by atoms with Gasteiger partial charge in [0.15, 0.2) is 0 Å². The van der Waals surface area contributed by atoms with Crippen LogP contribution < -0.4 is 5.32 Å². The van der Waals surface area contributed by atoms with Crippen LogP contribution in [-0.2, 0) is 9.59 Å². The molecule has 4 rings (SSSR count). The van der Waals surface area contributed by atoms with Gasteiger partial charge in [-0.15, -0.1) is 0 Å². The lowest BCUT2D eigenvalue weighted by atomic mass is 9.93. The van der Waals surface area contributed by atoms with Crippen LogP contribution in [0.2, 0.25) is 0 Å². The van der Waals surface area contributed by atoms with Gasteiger partial charge >= 0.3 is 0 Å². The third-order valence-corrected chi connectivity index (χ3v) is 5.65. The average molecular weight is 378 g/mol. The van der Waals surface area contributed by atoms with Crippen molar-refractivity contribution in [2.75, 3.05) is 18.4 Å². The van der Waals surface area contributed by atoms with E-state index in [1.54, 1.807) is 6.26 Å². The van der Waals surface area contributed by atoms with Gasteiger partial charge < -0.3 is 14.6 Å². The number of hydrogen-bond donors (Lipinski definition) is 1. The minimum absolute atomic E-state index is 0.0283. The molecule has 0 unspecified atom stereocenters. The molecule has 1 saturated heterocycles. The maximum atomic E-state index is 12.7. The molecule has 146 valence electrons. The Labute approximate surface area is 165 Å². The Bertz CT molecular complexity index is 862. The number of carbonyl (C=O) groups is 2. The second-order valence-corrected chi connectivity index (χ2v) is 7.59. The van der Waals surface area contributed by atoms with E-state index in [9.17, 15) is 9.59 Å². The molecule has 1 fully saturated rings. The molecule has 2 aliphatic rings. The summed E-state index contributed by atoms with van der Waals surface area (Å²) < 4.78 is 5.43. The summed E-state index contributed by atoms with van der Waals surface area (Å²) in [5.74, 6) is 0.918. The number of likely N-dealkylation sites (tertiary alicyclic amines) is 1. The summed E-state index contributed by atoms with van der Waals surface area (Å²) in [4.78, 5) is 27.2. The van der Waals surface area contributed by atoms with Crippen molar-refractivity contribution in [1.82, 2.24) is 4.90 Å². The van der Waals surface area contributed by atoms with E-state index < -0.39 is 0 Å². The van der Waals surface area contributed by atoms with Crippen LogP contribution in [0.15, 0.2) is 58.7 Å². The number of hydrogen-bond acceptors (Lipinski definition) is 3. The van der Waals surface area contributed by atoms with E-state index in [2.05, 4.69) is 11.4 Å². The zero-order chi connectivity index (χ0) is 19.3. The molecule has 1 N–H and O–H groups in total. The first-order chi connectivity index (χ1) is 13.7. The number of amides is 2. The van der Waals surface area contributed by atoms with Crippen LogP contribution in [0.25, 0.3) is 11.3 Å². The van der Waals surface area contributed by atoms with Gasteiger partial charge in [-0.1, -0.05) is 18.2 Å². The Kier molecular flexibility index (Phi) is 5.60. The highest BCUT2D eigenvalue weighted by Crippen LogP contribution is 2.26. The fourth-order valence-electron chi connectivity index (χ4n) is 4.02. The highest BCUT2D eigenvalue weighted by Gasteiger charge is 2.28. The topological polar surface area (TPSA) is 62.6 Å². The molecule has 0 saturated carbocycles. The van der Waals surface area contributed by atoms with Gasteiger partial charge in [0, 0.05) is 35.8 Å². The Balaban J connectivity index is 1.32. The number of benzene rings is 1. The van der Waals surface area contributed by atoms with Gasteiger partial charge in [0.2, 0.25) is 11.8 Å². The molecule has 1 aliphatic heterocycles. The number of piperidine rings is 1. The molecular weight excluding hydrogens is 352 g/mol. The first-order valence-electron chi connectivity index (χ1n) is 10.1. The normalized spacial score (nSPS) is 17.9. The highest BCUT2D eigenvalue weighted by molar-refractivity contribution is 5.95. The minimum atomic E-state index is -0.0587. The number of anilines is 1. The molecule has 2 aromatic rings. The summed E-state index contributed by atoms with van der Waals surface area (Å²) in [7, 11) is 0. The minimum Gasteiger partial charge on any atom is -0.464 e. The first-order valence-corrected chi connectivity index (χ1v) is 10.1. The third kappa shape index (κ3) is 4.19. The van der Waals surface area contributed by atoms with Gasteiger partial charge in [0.25, 0.3) is 0 Å². The van der Waals surface area contributed by atoms with Gasteiger partial charge in [-0.25, -0.2) is 0 Å². The molecule has 0 bridgehead atoms. The summed E-state index contributed by atoms with van der Waals surface area (Å²) in [5.41, 5.74) is 2.66. The SMILES string of the molecule is O=C(Nc1cccc(-c2ccco2)c1)C1CCN(C(=O)C2=CCCCC2)CC1. The van der Waals surface area contributed by atoms with Crippen molar-refractivity contribution >= 4 is 17.5 Å².